The molecule has 0 fully saturated rings. The van der Waals surface area contributed by atoms with Crippen molar-refractivity contribution in [2.24, 2.45) is 0 Å². The number of carbonyl (C=O) groups is 1. The standard InChI is InChI=1S/C22H21NO2S/c1-16-8-11-19(12-9-16)23-22(24)17-10-13-21(25-2)18(14-17)15-26-20-6-4-3-5-7-20/h3-14H,15H2,1-2H3,(H,23,24). The van der Waals surface area contributed by atoms with Crippen molar-refractivity contribution in [3.63, 3.8) is 0 Å². The van der Waals surface area contributed by atoms with Crippen molar-refractivity contribution in [1.29, 1.82) is 0 Å². The van der Waals surface area contributed by atoms with E-state index in [2.05, 4.69) is 17.4 Å². The van der Waals surface area contributed by atoms with Crippen molar-refractivity contribution in [3.8, 4) is 5.75 Å². The summed E-state index contributed by atoms with van der Waals surface area (Å²) in [6.45, 7) is 2.02. The SMILES string of the molecule is COc1ccc(C(=O)Nc2ccc(C)cc2)cc1CSc1ccccc1. The van der Waals surface area contributed by atoms with Crippen molar-refractivity contribution in [1.82, 2.24) is 0 Å². The second kappa shape index (κ2) is 8.59. The molecule has 3 aromatic carbocycles. The lowest BCUT2D eigenvalue weighted by Gasteiger charge is -2.11. The largest absolute Gasteiger partial charge is 0.496 e. The van der Waals surface area contributed by atoms with Gasteiger partial charge in [-0.1, -0.05) is 35.9 Å². The second-order valence-corrected chi connectivity index (χ2v) is 7.00. The molecular weight excluding hydrogens is 342 g/mol. The van der Waals surface area contributed by atoms with E-state index < -0.39 is 0 Å². The van der Waals surface area contributed by atoms with Gasteiger partial charge in [0.05, 0.1) is 7.11 Å². The number of hydrogen-bond donors (Lipinski definition) is 1. The average molecular weight is 363 g/mol. The van der Waals surface area contributed by atoms with Crippen LogP contribution < -0.4 is 10.1 Å². The average Bonchev–Trinajstić information content (AvgIpc) is 2.68. The number of ether oxygens (including phenoxy) is 1. The van der Waals surface area contributed by atoms with Gasteiger partial charge in [-0.3, -0.25) is 4.79 Å². The first kappa shape index (κ1) is 18.1. The second-order valence-electron chi connectivity index (χ2n) is 5.95. The summed E-state index contributed by atoms with van der Waals surface area (Å²) < 4.78 is 5.45. The highest BCUT2D eigenvalue weighted by molar-refractivity contribution is 7.98. The number of rotatable bonds is 6. The third-order valence-corrected chi connectivity index (χ3v) is 5.05. The highest BCUT2D eigenvalue weighted by atomic mass is 32.2. The van der Waals surface area contributed by atoms with Gasteiger partial charge in [-0.15, -0.1) is 11.8 Å². The molecule has 0 heterocycles. The van der Waals surface area contributed by atoms with Crippen molar-refractivity contribution < 1.29 is 9.53 Å². The third-order valence-electron chi connectivity index (χ3n) is 3.99. The molecule has 0 aromatic heterocycles. The van der Waals surface area contributed by atoms with Gasteiger partial charge in [0.25, 0.3) is 5.91 Å². The molecule has 4 heteroatoms. The Balaban J connectivity index is 1.75. The zero-order valence-corrected chi connectivity index (χ0v) is 15.7. The number of anilines is 1. The number of hydrogen-bond acceptors (Lipinski definition) is 3. The Kier molecular flexibility index (Phi) is 5.97. The van der Waals surface area contributed by atoms with Gasteiger partial charge in [0.2, 0.25) is 0 Å². The molecule has 3 aromatic rings. The first-order chi connectivity index (χ1) is 12.7. The van der Waals surface area contributed by atoms with Crippen molar-refractivity contribution in [3.05, 3.63) is 89.5 Å². The molecule has 0 saturated heterocycles. The summed E-state index contributed by atoms with van der Waals surface area (Å²) in [6, 6.07) is 23.5. The van der Waals surface area contributed by atoms with Gasteiger partial charge >= 0.3 is 0 Å². The monoisotopic (exact) mass is 363 g/mol. The first-order valence-electron chi connectivity index (χ1n) is 8.38. The van der Waals surface area contributed by atoms with Crippen molar-refractivity contribution >= 4 is 23.4 Å². The normalized spacial score (nSPS) is 10.4. The van der Waals surface area contributed by atoms with Crippen LogP contribution in [-0.2, 0) is 5.75 Å². The molecular formula is C22H21NO2S. The Hall–Kier alpha value is -2.72. The first-order valence-corrected chi connectivity index (χ1v) is 9.37. The molecule has 132 valence electrons. The smallest absolute Gasteiger partial charge is 0.255 e. The fourth-order valence-electron chi connectivity index (χ4n) is 2.55. The molecule has 3 nitrogen and oxygen atoms in total. The van der Waals surface area contributed by atoms with E-state index >= 15 is 0 Å². The number of amides is 1. The molecule has 0 radical (unpaired) electrons. The van der Waals surface area contributed by atoms with Gasteiger partial charge in [-0.2, -0.15) is 0 Å². The summed E-state index contributed by atoms with van der Waals surface area (Å²) in [5.41, 5.74) is 3.57. The van der Waals surface area contributed by atoms with E-state index in [-0.39, 0.29) is 5.91 Å². The summed E-state index contributed by atoms with van der Waals surface area (Å²) in [7, 11) is 1.65. The molecule has 0 spiro atoms. The van der Waals surface area contributed by atoms with Gasteiger partial charge < -0.3 is 10.1 Å². The number of benzene rings is 3. The minimum absolute atomic E-state index is 0.123. The Labute approximate surface area is 158 Å². The zero-order valence-electron chi connectivity index (χ0n) is 14.9. The van der Waals surface area contributed by atoms with E-state index in [9.17, 15) is 4.79 Å². The Morgan fingerprint density at radius 2 is 1.73 bits per heavy atom. The summed E-state index contributed by atoms with van der Waals surface area (Å²) in [5, 5.41) is 2.94. The van der Waals surface area contributed by atoms with Crippen LogP contribution in [0.1, 0.15) is 21.5 Å². The molecule has 0 aliphatic heterocycles. The molecule has 0 saturated carbocycles. The molecule has 0 aliphatic carbocycles. The molecule has 3 rings (SSSR count). The number of carbonyl (C=O) groups excluding carboxylic acids is 1. The Bertz CT molecular complexity index is 876. The fourth-order valence-corrected chi connectivity index (χ4v) is 3.45. The topological polar surface area (TPSA) is 38.3 Å². The van der Waals surface area contributed by atoms with Crippen LogP contribution >= 0.6 is 11.8 Å². The summed E-state index contributed by atoms with van der Waals surface area (Å²) in [6.07, 6.45) is 0. The summed E-state index contributed by atoms with van der Waals surface area (Å²) >= 11 is 1.72. The lowest BCUT2D eigenvalue weighted by molar-refractivity contribution is 0.102. The van der Waals surface area contributed by atoms with E-state index in [0.29, 0.717) is 5.56 Å². The van der Waals surface area contributed by atoms with Gasteiger partial charge in [-0.25, -0.2) is 0 Å². The summed E-state index contributed by atoms with van der Waals surface area (Å²) in [5.74, 6) is 1.40. The number of aryl methyl sites for hydroxylation is 1. The highest BCUT2D eigenvalue weighted by Gasteiger charge is 2.11. The van der Waals surface area contributed by atoms with Crippen LogP contribution in [0, 0.1) is 6.92 Å². The predicted molar refractivity (Wildman–Crippen MR) is 108 cm³/mol. The molecule has 0 bridgehead atoms. The molecule has 0 unspecified atom stereocenters. The lowest BCUT2D eigenvalue weighted by atomic mass is 10.1. The van der Waals surface area contributed by atoms with Crippen LogP contribution in [-0.4, -0.2) is 13.0 Å². The van der Waals surface area contributed by atoms with E-state index in [1.807, 2.05) is 61.5 Å². The predicted octanol–water partition coefficient (Wildman–Crippen LogP) is 5.55. The van der Waals surface area contributed by atoms with Gasteiger partial charge in [0.1, 0.15) is 5.75 Å². The third kappa shape index (κ3) is 4.67. The van der Waals surface area contributed by atoms with E-state index in [0.717, 1.165) is 28.3 Å². The number of methoxy groups -OCH3 is 1. The maximum absolute atomic E-state index is 12.6. The van der Waals surface area contributed by atoms with Crippen LogP contribution in [0.5, 0.6) is 5.75 Å². The molecule has 26 heavy (non-hydrogen) atoms. The van der Waals surface area contributed by atoms with E-state index in [1.165, 1.54) is 4.90 Å². The van der Waals surface area contributed by atoms with E-state index in [4.69, 9.17) is 4.74 Å². The maximum atomic E-state index is 12.6. The van der Waals surface area contributed by atoms with Crippen molar-refractivity contribution in [2.45, 2.75) is 17.6 Å². The van der Waals surface area contributed by atoms with Crippen molar-refractivity contribution in [2.75, 3.05) is 12.4 Å². The highest BCUT2D eigenvalue weighted by Crippen LogP contribution is 2.29. The fraction of sp³-hybridized carbons (Fsp3) is 0.136. The molecule has 1 N–H and O–H groups in total. The minimum Gasteiger partial charge on any atom is -0.496 e. The number of nitrogens with one attached hydrogen (secondary N) is 1. The van der Waals surface area contributed by atoms with Crippen LogP contribution in [0.2, 0.25) is 0 Å². The molecule has 0 aliphatic rings. The van der Waals surface area contributed by atoms with E-state index in [1.54, 1.807) is 24.9 Å². The van der Waals surface area contributed by atoms with Gasteiger partial charge in [-0.05, 0) is 49.4 Å². The Morgan fingerprint density at radius 3 is 2.42 bits per heavy atom. The number of thioether (sulfide) groups is 1. The maximum Gasteiger partial charge on any atom is 0.255 e. The zero-order chi connectivity index (χ0) is 18.4. The van der Waals surface area contributed by atoms with Crippen LogP contribution in [0.4, 0.5) is 5.69 Å². The van der Waals surface area contributed by atoms with Gasteiger partial charge in [0, 0.05) is 27.5 Å². The van der Waals surface area contributed by atoms with Crippen LogP contribution in [0.3, 0.4) is 0 Å². The summed E-state index contributed by atoms with van der Waals surface area (Å²) in [4.78, 5) is 13.8. The lowest BCUT2D eigenvalue weighted by Crippen LogP contribution is -2.12. The Morgan fingerprint density at radius 1 is 1.00 bits per heavy atom. The molecule has 0 atom stereocenters. The minimum atomic E-state index is -0.123. The van der Waals surface area contributed by atoms with Crippen LogP contribution in [0.15, 0.2) is 77.7 Å². The molecule has 1 amide bonds. The van der Waals surface area contributed by atoms with Gasteiger partial charge in [0.15, 0.2) is 0 Å². The van der Waals surface area contributed by atoms with Crippen LogP contribution in [0.25, 0.3) is 0 Å². The quantitative estimate of drug-likeness (QED) is 0.584.